The summed E-state index contributed by atoms with van der Waals surface area (Å²) in [6.45, 7) is 11.8. The second-order valence-electron chi connectivity index (χ2n) is 5.21. The summed E-state index contributed by atoms with van der Waals surface area (Å²) in [4.78, 5) is 1.34. The number of aliphatic hydroxyl groups is 1. The fraction of sp³-hybridized carbons (Fsp3) is 0.333. The van der Waals surface area contributed by atoms with Gasteiger partial charge in [-0.25, -0.2) is 0 Å². The number of aryl methyl sites for hydroxylation is 1. The number of quaternary nitrogens is 1. The van der Waals surface area contributed by atoms with Crippen LogP contribution in [0.1, 0.15) is 30.5 Å². The SMILES string of the molecule is C=Cc1ccc(C)cc1.CC.C[NH+](CCO)Cc1ccccc1. The molecule has 0 heterocycles. The van der Waals surface area contributed by atoms with Crippen molar-refractivity contribution >= 4 is 6.08 Å². The lowest BCUT2D eigenvalue weighted by molar-refractivity contribution is -0.894. The zero-order valence-electron chi connectivity index (χ0n) is 15.0. The van der Waals surface area contributed by atoms with Crippen molar-refractivity contribution in [1.82, 2.24) is 0 Å². The van der Waals surface area contributed by atoms with E-state index in [4.69, 9.17) is 5.11 Å². The van der Waals surface area contributed by atoms with E-state index in [1.807, 2.05) is 38.1 Å². The van der Waals surface area contributed by atoms with Gasteiger partial charge in [0.25, 0.3) is 0 Å². The van der Waals surface area contributed by atoms with Crippen molar-refractivity contribution < 1.29 is 10.0 Å². The molecule has 2 nitrogen and oxygen atoms in total. The van der Waals surface area contributed by atoms with Crippen molar-refractivity contribution in [2.24, 2.45) is 0 Å². The third-order valence-corrected chi connectivity index (χ3v) is 3.20. The van der Waals surface area contributed by atoms with E-state index in [1.165, 1.54) is 21.6 Å². The van der Waals surface area contributed by atoms with Crippen molar-refractivity contribution in [2.45, 2.75) is 27.3 Å². The van der Waals surface area contributed by atoms with Crippen LogP contribution in [-0.4, -0.2) is 25.3 Å². The lowest BCUT2D eigenvalue weighted by Crippen LogP contribution is -3.08. The Hall–Kier alpha value is -1.90. The van der Waals surface area contributed by atoms with Crippen molar-refractivity contribution in [2.75, 3.05) is 20.2 Å². The Balaban J connectivity index is 0.000000392. The number of rotatable bonds is 5. The Kier molecular flexibility index (Phi) is 12.6. The number of aliphatic hydroxyl groups excluding tert-OH is 1. The van der Waals surface area contributed by atoms with Crippen LogP contribution in [0.3, 0.4) is 0 Å². The molecule has 0 aliphatic rings. The molecule has 0 radical (unpaired) electrons. The van der Waals surface area contributed by atoms with E-state index in [0.717, 1.165) is 13.1 Å². The molecule has 0 spiro atoms. The molecule has 0 aliphatic heterocycles. The largest absolute Gasteiger partial charge is 0.391 e. The van der Waals surface area contributed by atoms with Gasteiger partial charge in [-0.3, -0.25) is 0 Å². The molecule has 2 rings (SSSR count). The molecule has 0 bridgehead atoms. The van der Waals surface area contributed by atoms with E-state index >= 15 is 0 Å². The number of hydrogen-bond acceptors (Lipinski definition) is 1. The van der Waals surface area contributed by atoms with Crippen LogP contribution >= 0.6 is 0 Å². The van der Waals surface area contributed by atoms with Gasteiger partial charge in [-0.05, 0) is 12.5 Å². The fourth-order valence-electron chi connectivity index (χ4n) is 1.93. The van der Waals surface area contributed by atoms with Gasteiger partial charge in [0.1, 0.15) is 13.1 Å². The van der Waals surface area contributed by atoms with E-state index in [1.54, 1.807) is 0 Å². The average Bonchev–Trinajstić information content (AvgIpc) is 2.59. The first kappa shape index (κ1) is 21.1. The Bertz CT molecular complexity index is 505. The van der Waals surface area contributed by atoms with Crippen LogP contribution in [0.2, 0.25) is 0 Å². The molecule has 2 aromatic rings. The maximum atomic E-state index is 8.69. The second kappa shape index (κ2) is 13.7. The minimum absolute atomic E-state index is 0.263. The van der Waals surface area contributed by atoms with Crippen molar-refractivity contribution in [3.05, 3.63) is 77.9 Å². The number of likely N-dealkylation sites (N-methyl/N-ethyl adjacent to an activating group) is 1. The van der Waals surface area contributed by atoms with Crippen LogP contribution in [-0.2, 0) is 6.54 Å². The maximum absolute atomic E-state index is 8.69. The third kappa shape index (κ3) is 10.5. The predicted octanol–water partition coefficient (Wildman–Crippen LogP) is 3.36. The zero-order valence-corrected chi connectivity index (χ0v) is 15.0. The molecule has 0 fully saturated rings. The Morgan fingerprint density at radius 2 is 1.57 bits per heavy atom. The quantitative estimate of drug-likeness (QED) is 0.869. The van der Waals surface area contributed by atoms with E-state index in [0.29, 0.717) is 0 Å². The minimum Gasteiger partial charge on any atom is -0.391 e. The highest BCUT2D eigenvalue weighted by Gasteiger charge is 2.00. The summed E-state index contributed by atoms with van der Waals surface area (Å²) in [6.07, 6.45) is 1.85. The Morgan fingerprint density at radius 1 is 1.00 bits per heavy atom. The lowest BCUT2D eigenvalue weighted by atomic mass is 10.2. The highest BCUT2D eigenvalue weighted by molar-refractivity contribution is 5.46. The molecule has 126 valence electrons. The normalized spacial score (nSPS) is 10.5. The van der Waals surface area contributed by atoms with E-state index in [9.17, 15) is 0 Å². The second-order valence-corrected chi connectivity index (χ2v) is 5.21. The van der Waals surface area contributed by atoms with Crippen molar-refractivity contribution in [1.29, 1.82) is 0 Å². The standard InChI is InChI=1S/C10H15NO.C9H10.C2H6/c1-11(7-8-12)9-10-5-3-2-4-6-10;1-3-9-6-4-8(2)5-7-9;1-2/h2-6,12H,7-9H2,1H3;3-7H,1H2,2H3;1-2H3/p+1. The molecule has 0 saturated heterocycles. The number of hydrogen-bond donors (Lipinski definition) is 2. The first-order valence-corrected chi connectivity index (χ1v) is 8.31. The van der Waals surface area contributed by atoms with Crippen molar-refractivity contribution in [3.8, 4) is 0 Å². The average molecular weight is 314 g/mol. The molecule has 0 aromatic heterocycles. The lowest BCUT2D eigenvalue weighted by Gasteiger charge is -2.11. The number of benzene rings is 2. The molecular formula is C21H32NO+. The molecule has 23 heavy (non-hydrogen) atoms. The van der Waals surface area contributed by atoms with Gasteiger partial charge in [0.2, 0.25) is 0 Å². The summed E-state index contributed by atoms with van der Waals surface area (Å²) in [6, 6.07) is 18.6. The van der Waals surface area contributed by atoms with Gasteiger partial charge >= 0.3 is 0 Å². The first-order chi connectivity index (χ1) is 11.2. The Labute approximate surface area is 142 Å². The van der Waals surface area contributed by atoms with Gasteiger partial charge in [0.15, 0.2) is 0 Å². The summed E-state index contributed by atoms with van der Waals surface area (Å²) in [5.41, 5.74) is 3.80. The van der Waals surface area contributed by atoms with E-state index in [-0.39, 0.29) is 6.61 Å². The zero-order chi connectivity index (χ0) is 17.5. The maximum Gasteiger partial charge on any atom is 0.103 e. The summed E-state index contributed by atoms with van der Waals surface area (Å²) < 4.78 is 0. The summed E-state index contributed by atoms with van der Waals surface area (Å²) in [5.74, 6) is 0. The topological polar surface area (TPSA) is 24.7 Å². The highest BCUT2D eigenvalue weighted by atomic mass is 16.3. The van der Waals surface area contributed by atoms with E-state index in [2.05, 4.69) is 56.9 Å². The van der Waals surface area contributed by atoms with Crippen LogP contribution in [0.4, 0.5) is 0 Å². The summed E-state index contributed by atoms with van der Waals surface area (Å²) in [5, 5.41) is 8.69. The van der Waals surface area contributed by atoms with Gasteiger partial charge < -0.3 is 10.0 Å². The number of nitrogens with one attached hydrogen (secondary N) is 1. The molecule has 2 aromatic carbocycles. The monoisotopic (exact) mass is 314 g/mol. The highest BCUT2D eigenvalue weighted by Crippen LogP contribution is 2.02. The molecule has 0 amide bonds. The minimum atomic E-state index is 0.263. The van der Waals surface area contributed by atoms with Crippen LogP contribution in [0.15, 0.2) is 61.2 Å². The first-order valence-electron chi connectivity index (χ1n) is 8.31. The summed E-state index contributed by atoms with van der Waals surface area (Å²) in [7, 11) is 2.09. The molecule has 1 atom stereocenters. The molecule has 0 saturated carbocycles. The fourth-order valence-corrected chi connectivity index (χ4v) is 1.93. The van der Waals surface area contributed by atoms with Crippen LogP contribution in [0, 0.1) is 6.92 Å². The molecular weight excluding hydrogens is 282 g/mol. The van der Waals surface area contributed by atoms with Crippen LogP contribution < -0.4 is 4.90 Å². The van der Waals surface area contributed by atoms with Gasteiger partial charge in [-0.2, -0.15) is 0 Å². The molecule has 0 aliphatic carbocycles. The smallest absolute Gasteiger partial charge is 0.103 e. The third-order valence-electron chi connectivity index (χ3n) is 3.20. The van der Waals surface area contributed by atoms with Crippen molar-refractivity contribution in [3.63, 3.8) is 0 Å². The molecule has 2 heteroatoms. The van der Waals surface area contributed by atoms with E-state index < -0.39 is 0 Å². The predicted molar refractivity (Wildman–Crippen MR) is 102 cm³/mol. The molecule has 2 N–H and O–H groups in total. The van der Waals surface area contributed by atoms with Crippen LogP contribution in [0.5, 0.6) is 0 Å². The van der Waals surface area contributed by atoms with Gasteiger partial charge in [-0.15, -0.1) is 0 Å². The molecule has 1 unspecified atom stereocenters. The van der Waals surface area contributed by atoms with Gasteiger partial charge in [0, 0.05) is 5.56 Å². The van der Waals surface area contributed by atoms with Gasteiger partial charge in [-0.1, -0.05) is 86.7 Å². The Morgan fingerprint density at radius 3 is 2.04 bits per heavy atom. The van der Waals surface area contributed by atoms with Gasteiger partial charge in [0.05, 0.1) is 13.7 Å². The van der Waals surface area contributed by atoms with Crippen LogP contribution in [0.25, 0.3) is 6.08 Å². The summed E-state index contributed by atoms with van der Waals surface area (Å²) >= 11 is 0.